The third-order valence-electron chi connectivity index (χ3n) is 4.50. The van der Waals surface area contributed by atoms with Gasteiger partial charge in [0, 0.05) is 49.9 Å². The Morgan fingerprint density at radius 1 is 1.18 bits per heavy atom. The van der Waals surface area contributed by atoms with E-state index < -0.39 is 11.7 Å². The van der Waals surface area contributed by atoms with Crippen molar-refractivity contribution >= 4 is 29.1 Å². The summed E-state index contributed by atoms with van der Waals surface area (Å²) >= 11 is 7.20. The van der Waals surface area contributed by atoms with Gasteiger partial charge in [-0.15, -0.1) is 0 Å². The van der Waals surface area contributed by atoms with Crippen molar-refractivity contribution in [3.63, 3.8) is 0 Å². The van der Waals surface area contributed by atoms with E-state index in [0.29, 0.717) is 23.9 Å². The van der Waals surface area contributed by atoms with Crippen LogP contribution < -0.4 is 10.5 Å². The van der Waals surface area contributed by atoms with Crippen molar-refractivity contribution in [3.05, 3.63) is 51.4 Å². The Morgan fingerprint density at radius 2 is 1.93 bits per heavy atom. The molecule has 0 radical (unpaired) electrons. The predicted molar refractivity (Wildman–Crippen MR) is 105 cm³/mol. The smallest absolute Gasteiger partial charge is 0.369 e. The van der Waals surface area contributed by atoms with E-state index in [1.54, 1.807) is 6.07 Å². The summed E-state index contributed by atoms with van der Waals surface area (Å²) in [6.07, 6.45) is -2.03. The Labute approximate surface area is 169 Å². The van der Waals surface area contributed by atoms with Crippen LogP contribution in [-0.4, -0.2) is 53.3 Å². The van der Waals surface area contributed by atoms with Gasteiger partial charge in [-0.3, -0.25) is 9.69 Å². The summed E-state index contributed by atoms with van der Waals surface area (Å²) in [7, 11) is 0. The summed E-state index contributed by atoms with van der Waals surface area (Å²) in [5.74, 6) is 0.833. The molecule has 0 aliphatic carbocycles. The number of hydrogen-bond acceptors (Lipinski definition) is 5. The van der Waals surface area contributed by atoms with E-state index in [1.807, 2.05) is 4.90 Å². The third-order valence-corrected chi connectivity index (χ3v) is 5.80. The zero-order valence-corrected chi connectivity index (χ0v) is 16.6. The number of piperazine rings is 1. The molecule has 1 saturated heterocycles. The number of benzene rings is 1. The van der Waals surface area contributed by atoms with Crippen molar-refractivity contribution in [2.75, 3.05) is 43.4 Å². The predicted octanol–water partition coefficient (Wildman–Crippen LogP) is 3.75. The zero-order valence-electron chi connectivity index (χ0n) is 15.0. The van der Waals surface area contributed by atoms with Gasteiger partial charge in [0.2, 0.25) is 0 Å². The number of halogens is 4. The van der Waals surface area contributed by atoms with Crippen LogP contribution in [0.3, 0.4) is 0 Å². The molecule has 1 fully saturated rings. The van der Waals surface area contributed by atoms with Gasteiger partial charge in [-0.25, -0.2) is 4.98 Å². The number of aromatic nitrogens is 2. The van der Waals surface area contributed by atoms with Gasteiger partial charge in [0.1, 0.15) is 0 Å². The molecular formula is C18H20ClF3N4OS. The molecule has 0 amide bonds. The first-order valence-corrected chi connectivity index (χ1v) is 10.2. The van der Waals surface area contributed by atoms with Gasteiger partial charge in [-0.1, -0.05) is 23.4 Å². The van der Waals surface area contributed by atoms with Crippen LogP contribution in [0.4, 0.5) is 18.9 Å². The second-order valence-corrected chi connectivity index (χ2v) is 7.92. The van der Waals surface area contributed by atoms with Crippen LogP contribution in [0.15, 0.2) is 40.4 Å². The molecule has 0 saturated carbocycles. The number of hydrogen-bond donors (Lipinski definition) is 1. The first-order valence-electron chi connectivity index (χ1n) is 8.85. The van der Waals surface area contributed by atoms with Crippen molar-refractivity contribution in [3.8, 4) is 0 Å². The number of alkyl halides is 3. The average molecular weight is 433 g/mol. The average Bonchev–Trinajstić information content (AvgIpc) is 2.65. The van der Waals surface area contributed by atoms with Crippen LogP contribution in [0.2, 0.25) is 5.02 Å². The molecule has 152 valence electrons. The lowest BCUT2D eigenvalue weighted by Gasteiger charge is -2.36. The molecule has 10 heteroatoms. The summed E-state index contributed by atoms with van der Waals surface area (Å²) in [5, 5.41) is 0.335. The van der Waals surface area contributed by atoms with Crippen LogP contribution in [0, 0.1) is 0 Å². The van der Waals surface area contributed by atoms with Crippen molar-refractivity contribution in [1.82, 2.24) is 14.9 Å². The fourth-order valence-electron chi connectivity index (χ4n) is 3.04. The molecule has 0 unspecified atom stereocenters. The minimum absolute atomic E-state index is 0.162. The Kier molecular flexibility index (Phi) is 6.90. The van der Waals surface area contributed by atoms with Crippen LogP contribution in [0.1, 0.15) is 12.0 Å². The highest BCUT2D eigenvalue weighted by atomic mass is 35.5. The second-order valence-electron chi connectivity index (χ2n) is 6.43. The van der Waals surface area contributed by atoms with Crippen LogP contribution in [0.25, 0.3) is 0 Å². The summed E-state index contributed by atoms with van der Waals surface area (Å²) in [6, 6.07) is 5.45. The molecule has 2 heterocycles. The number of H-pyrrole nitrogens is 1. The molecule has 0 spiro atoms. The number of thioether (sulfide) groups is 1. The normalized spacial score (nSPS) is 15.8. The van der Waals surface area contributed by atoms with Gasteiger partial charge in [0.25, 0.3) is 5.56 Å². The lowest BCUT2D eigenvalue weighted by molar-refractivity contribution is -0.137. The summed E-state index contributed by atoms with van der Waals surface area (Å²) in [6.45, 7) is 3.80. The largest absolute Gasteiger partial charge is 0.417 e. The molecule has 0 bridgehead atoms. The molecule has 1 N–H and O–H groups in total. The molecule has 0 atom stereocenters. The molecule has 5 nitrogen and oxygen atoms in total. The number of anilines is 1. The van der Waals surface area contributed by atoms with E-state index >= 15 is 0 Å². The summed E-state index contributed by atoms with van der Waals surface area (Å²) in [4.78, 5) is 22.2. The molecule has 1 aliphatic heterocycles. The minimum atomic E-state index is -4.45. The monoisotopic (exact) mass is 432 g/mol. The number of nitrogens with one attached hydrogen (secondary N) is 1. The standard InChI is InChI=1S/C18H20ClF3N4OS/c19-15-3-2-13(12-14(15)18(20,21)22)26-9-7-25(8-10-26)6-1-11-28-17-23-5-4-16(27)24-17/h2-5,12H,1,6-11H2,(H,23,24,27). The van der Waals surface area contributed by atoms with Crippen LogP contribution in [0.5, 0.6) is 0 Å². The maximum Gasteiger partial charge on any atom is 0.417 e. The van der Waals surface area contributed by atoms with E-state index in [9.17, 15) is 18.0 Å². The third kappa shape index (κ3) is 5.65. The first kappa shape index (κ1) is 21.0. The van der Waals surface area contributed by atoms with Gasteiger partial charge < -0.3 is 9.88 Å². The lowest BCUT2D eigenvalue weighted by Crippen LogP contribution is -2.46. The number of nitrogens with zero attached hydrogens (tertiary/aromatic N) is 3. The Bertz CT molecular complexity index is 853. The van der Waals surface area contributed by atoms with E-state index in [2.05, 4.69) is 14.9 Å². The molecule has 1 aromatic heterocycles. The molecule has 1 aromatic carbocycles. The Balaban J connectivity index is 1.45. The van der Waals surface area contributed by atoms with E-state index in [-0.39, 0.29) is 10.6 Å². The summed E-state index contributed by atoms with van der Waals surface area (Å²) < 4.78 is 39.1. The van der Waals surface area contributed by atoms with Crippen LogP contribution >= 0.6 is 23.4 Å². The maximum absolute atomic E-state index is 13.0. The highest BCUT2D eigenvalue weighted by Crippen LogP contribution is 2.37. The van der Waals surface area contributed by atoms with E-state index in [0.717, 1.165) is 37.9 Å². The highest BCUT2D eigenvalue weighted by molar-refractivity contribution is 7.99. The maximum atomic E-state index is 13.0. The summed E-state index contributed by atoms with van der Waals surface area (Å²) in [5.41, 5.74) is -0.408. The molecular weight excluding hydrogens is 413 g/mol. The van der Waals surface area contributed by atoms with E-state index in [4.69, 9.17) is 11.6 Å². The highest BCUT2D eigenvalue weighted by Gasteiger charge is 2.34. The van der Waals surface area contributed by atoms with Crippen molar-refractivity contribution < 1.29 is 13.2 Å². The number of rotatable bonds is 6. The first-order chi connectivity index (χ1) is 13.3. The fraction of sp³-hybridized carbons (Fsp3) is 0.444. The SMILES string of the molecule is O=c1ccnc(SCCCN2CCN(c3ccc(Cl)c(C(F)(F)F)c3)CC2)[nH]1. The van der Waals surface area contributed by atoms with Crippen molar-refractivity contribution in [1.29, 1.82) is 0 Å². The quantitative estimate of drug-likeness (QED) is 0.428. The van der Waals surface area contributed by atoms with Crippen molar-refractivity contribution in [2.45, 2.75) is 17.8 Å². The number of aromatic amines is 1. The van der Waals surface area contributed by atoms with Gasteiger partial charge in [-0.2, -0.15) is 13.2 Å². The minimum Gasteiger partial charge on any atom is -0.369 e. The lowest BCUT2D eigenvalue weighted by atomic mass is 10.1. The van der Waals surface area contributed by atoms with Gasteiger partial charge in [-0.05, 0) is 31.2 Å². The molecule has 2 aromatic rings. The van der Waals surface area contributed by atoms with Gasteiger partial charge in [0.15, 0.2) is 5.16 Å². The Hall–Kier alpha value is -1.71. The second kappa shape index (κ2) is 9.19. The topological polar surface area (TPSA) is 52.2 Å². The zero-order chi connectivity index (χ0) is 20.1. The van der Waals surface area contributed by atoms with Crippen molar-refractivity contribution in [2.24, 2.45) is 0 Å². The fourth-order valence-corrected chi connectivity index (χ4v) is 4.04. The molecule has 28 heavy (non-hydrogen) atoms. The van der Waals surface area contributed by atoms with Gasteiger partial charge in [0.05, 0.1) is 10.6 Å². The van der Waals surface area contributed by atoms with E-state index in [1.165, 1.54) is 30.1 Å². The molecule has 3 rings (SSSR count). The van der Waals surface area contributed by atoms with Crippen LogP contribution in [-0.2, 0) is 6.18 Å². The Morgan fingerprint density at radius 3 is 2.61 bits per heavy atom. The molecule has 1 aliphatic rings. The van der Waals surface area contributed by atoms with Gasteiger partial charge >= 0.3 is 6.18 Å².